The van der Waals surface area contributed by atoms with Crippen LogP contribution in [0.15, 0.2) is 66.7 Å². The van der Waals surface area contributed by atoms with Crippen molar-refractivity contribution < 1.29 is 33.6 Å². The Bertz CT molecular complexity index is 2090. The number of hydrogen-bond donors (Lipinski definition) is 3. The maximum Gasteiger partial charge on any atom is 0.252 e. The highest BCUT2D eigenvalue weighted by atomic mass is 16.5. The van der Waals surface area contributed by atoms with Crippen molar-refractivity contribution >= 4 is 23.2 Å². The van der Waals surface area contributed by atoms with Crippen LogP contribution in [0.4, 0.5) is 11.4 Å². The summed E-state index contributed by atoms with van der Waals surface area (Å²) in [6, 6.07) is 20.8. The van der Waals surface area contributed by atoms with Gasteiger partial charge in [0.05, 0.1) is 40.0 Å². The van der Waals surface area contributed by atoms with Crippen molar-refractivity contribution in [1.82, 2.24) is 20.4 Å². The SMILES string of the molecule is COc1cc(OC)cc([C@@H](C)NC(=O)c2cc(N3CCN(C)CC3)cc(COc3cc([C@@H](C)NC(=O)c4cc(N5CCN(CCO)CC5)ccc4C)ccc3OC)c2C)c1. The Morgan fingerprint density at radius 2 is 1.27 bits per heavy atom. The smallest absolute Gasteiger partial charge is 0.252 e. The van der Waals surface area contributed by atoms with Crippen molar-refractivity contribution in [1.29, 1.82) is 0 Å². The number of amides is 2. The Labute approximate surface area is 355 Å². The topological polar surface area (TPSA) is 128 Å². The van der Waals surface area contributed by atoms with Crippen molar-refractivity contribution in [3.05, 3.63) is 106 Å². The predicted octanol–water partition coefficient (Wildman–Crippen LogP) is 5.76. The number of carbonyl (C=O) groups excluding carboxylic acids is 2. The van der Waals surface area contributed by atoms with Crippen LogP contribution in [0.1, 0.15) is 74.5 Å². The number of aryl methyl sites for hydroxylation is 1. The molecule has 2 fully saturated rings. The molecule has 0 radical (unpaired) electrons. The number of anilines is 2. The van der Waals surface area contributed by atoms with Crippen molar-refractivity contribution in [2.75, 3.05) is 104 Å². The van der Waals surface area contributed by atoms with Crippen LogP contribution in [0.5, 0.6) is 23.0 Å². The van der Waals surface area contributed by atoms with Gasteiger partial charge in [-0.3, -0.25) is 14.5 Å². The second-order valence-electron chi connectivity index (χ2n) is 15.9. The van der Waals surface area contributed by atoms with Crippen molar-refractivity contribution in [3.63, 3.8) is 0 Å². The third-order valence-corrected chi connectivity index (χ3v) is 11.9. The Hall–Kier alpha value is -5.50. The molecule has 4 aromatic carbocycles. The van der Waals surface area contributed by atoms with E-state index in [1.807, 2.05) is 82.3 Å². The normalized spacial score (nSPS) is 15.9. The number of nitrogens with one attached hydrogen (secondary N) is 2. The van der Waals surface area contributed by atoms with Crippen LogP contribution in [-0.4, -0.2) is 121 Å². The van der Waals surface area contributed by atoms with E-state index in [1.54, 1.807) is 21.3 Å². The number of aliphatic hydroxyl groups is 1. The fraction of sp³-hybridized carbons (Fsp3) is 0.447. The Morgan fingerprint density at radius 3 is 1.90 bits per heavy atom. The first kappa shape index (κ1) is 44.1. The molecule has 2 saturated heterocycles. The zero-order chi connectivity index (χ0) is 42.9. The van der Waals surface area contributed by atoms with Crippen LogP contribution in [0.3, 0.4) is 0 Å². The molecule has 3 N–H and O–H groups in total. The van der Waals surface area contributed by atoms with Crippen LogP contribution in [0.2, 0.25) is 0 Å². The first-order valence-electron chi connectivity index (χ1n) is 20.8. The van der Waals surface area contributed by atoms with Crippen LogP contribution < -0.4 is 39.4 Å². The van der Waals surface area contributed by atoms with E-state index in [4.69, 9.17) is 18.9 Å². The van der Waals surface area contributed by atoms with Gasteiger partial charge < -0.3 is 49.4 Å². The number of likely N-dealkylation sites (N-methyl/N-ethyl adjacent to an activating group) is 1. The van der Waals surface area contributed by atoms with Gasteiger partial charge in [0.2, 0.25) is 0 Å². The lowest BCUT2D eigenvalue weighted by Crippen LogP contribution is -2.47. The van der Waals surface area contributed by atoms with Crippen LogP contribution in [0, 0.1) is 13.8 Å². The molecule has 2 amide bonds. The quantitative estimate of drug-likeness (QED) is 0.128. The third kappa shape index (κ3) is 10.6. The summed E-state index contributed by atoms with van der Waals surface area (Å²) >= 11 is 0. The third-order valence-electron chi connectivity index (χ3n) is 11.9. The van der Waals surface area contributed by atoms with E-state index in [1.165, 1.54) is 0 Å². The minimum atomic E-state index is -0.333. The summed E-state index contributed by atoms with van der Waals surface area (Å²) in [5.41, 5.74) is 7.52. The Morgan fingerprint density at radius 1 is 0.667 bits per heavy atom. The highest BCUT2D eigenvalue weighted by Gasteiger charge is 2.24. The number of aliphatic hydroxyl groups excluding tert-OH is 1. The zero-order valence-corrected chi connectivity index (χ0v) is 36.5. The van der Waals surface area contributed by atoms with E-state index in [0.29, 0.717) is 40.7 Å². The number of β-amino-alcohol motifs (C(OH)–C–C–N with tert-alkyl or cyclic N) is 1. The second kappa shape index (κ2) is 20.2. The number of benzene rings is 4. The molecule has 0 saturated carbocycles. The van der Waals surface area contributed by atoms with Crippen molar-refractivity contribution in [3.8, 4) is 23.0 Å². The first-order chi connectivity index (χ1) is 28.9. The molecular weight excluding hydrogens is 761 g/mol. The van der Waals surface area contributed by atoms with Crippen LogP contribution in [0.25, 0.3) is 0 Å². The van der Waals surface area contributed by atoms with Gasteiger partial charge in [-0.1, -0.05) is 12.1 Å². The molecule has 2 aliphatic heterocycles. The van der Waals surface area contributed by atoms with Gasteiger partial charge in [-0.15, -0.1) is 0 Å². The number of piperazine rings is 2. The lowest BCUT2D eigenvalue weighted by atomic mass is 9.99. The van der Waals surface area contributed by atoms with Gasteiger partial charge in [0.15, 0.2) is 11.5 Å². The van der Waals surface area contributed by atoms with E-state index >= 15 is 0 Å². The monoisotopic (exact) mass is 822 g/mol. The standard InChI is InChI=1S/C47H62N6O7/c1-31-9-11-38(52-19-15-51(16-20-52)21-22-54)27-42(31)46(55)48-33(3)35-10-12-44(59-8)45(26-35)60-30-37-23-39(53-17-13-50(5)14-18-53)28-43(32(37)2)47(56)49-34(4)36-24-40(57-6)29-41(25-36)58-7/h9-12,23-29,33-34,54H,13-22,30H2,1-8H3,(H,48,55)(H,49,56)/t33-,34-/m1/s1. The summed E-state index contributed by atoms with van der Waals surface area (Å²) in [7, 11) is 6.94. The van der Waals surface area contributed by atoms with Crippen molar-refractivity contribution in [2.24, 2.45) is 0 Å². The Balaban J connectivity index is 1.20. The van der Waals surface area contributed by atoms with Gasteiger partial charge in [-0.2, -0.15) is 0 Å². The average Bonchev–Trinajstić information content (AvgIpc) is 3.26. The predicted molar refractivity (Wildman–Crippen MR) is 236 cm³/mol. The van der Waals surface area contributed by atoms with Crippen LogP contribution >= 0.6 is 0 Å². The Kier molecular flexibility index (Phi) is 14.8. The molecule has 322 valence electrons. The zero-order valence-electron chi connectivity index (χ0n) is 36.5. The fourth-order valence-electron chi connectivity index (χ4n) is 7.84. The van der Waals surface area contributed by atoms with E-state index in [0.717, 1.165) is 91.6 Å². The largest absolute Gasteiger partial charge is 0.497 e. The number of rotatable bonds is 16. The molecule has 0 bridgehead atoms. The number of carbonyl (C=O) groups is 2. The molecule has 2 aliphatic rings. The minimum Gasteiger partial charge on any atom is -0.497 e. The summed E-state index contributed by atoms with van der Waals surface area (Å²) in [4.78, 5) is 37.1. The van der Waals surface area contributed by atoms with Gasteiger partial charge >= 0.3 is 0 Å². The van der Waals surface area contributed by atoms with E-state index < -0.39 is 0 Å². The molecule has 0 spiro atoms. The van der Waals surface area contributed by atoms with Crippen LogP contribution in [-0.2, 0) is 6.61 Å². The average molecular weight is 823 g/mol. The lowest BCUT2D eigenvalue weighted by molar-refractivity contribution is 0.0930. The number of hydrogen-bond acceptors (Lipinski definition) is 11. The summed E-state index contributed by atoms with van der Waals surface area (Å²) < 4.78 is 23.3. The molecular formula is C47H62N6O7. The summed E-state index contributed by atoms with van der Waals surface area (Å²) in [6.07, 6.45) is 0. The highest BCUT2D eigenvalue weighted by molar-refractivity contribution is 5.98. The van der Waals surface area contributed by atoms with Gasteiger partial charge in [0, 0.05) is 87.5 Å². The van der Waals surface area contributed by atoms with Gasteiger partial charge in [-0.05, 0) is 111 Å². The van der Waals surface area contributed by atoms with Gasteiger partial charge in [0.1, 0.15) is 18.1 Å². The number of ether oxygens (including phenoxy) is 4. The molecule has 6 rings (SSSR count). The molecule has 13 heteroatoms. The molecule has 0 aromatic heterocycles. The van der Waals surface area contributed by atoms with E-state index in [-0.39, 0.29) is 37.1 Å². The molecule has 0 unspecified atom stereocenters. The first-order valence-corrected chi connectivity index (χ1v) is 20.8. The summed E-state index contributed by atoms with van der Waals surface area (Å²) in [5, 5.41) is 15.7. The lowest BCUT2D eigenvalue weighted by Gasteiger charge is -2.36. The minimum absolute atomic E-state index is 0.152. The van der Waals surface area contributed by atoms with Gasteiger partial charge in [0.25, 0.3) is 11.8 Å². The summed E-state index contributed by atoms with van der Waals surface area (Å²) in [6.45, 7) is 15.8. The van der Waals surface area contributed by atoms with E-state index in [2.05, 4.69) is 49.4 Å². The molecule has 60 heavy (non-hydrogen) atoms. The molecule has 0 aliphatic carbocycles. The van der Waals surface area contributed by atoms with E-state index in [9.17, 15) is 14.7 Å². The highest BCUT2D eigenvalue weighted by Crippen LogP contribution is 2.34. The maximum atomic E-state index is 14.1. The summed E-state index contributed by atoms with van der Waals surface area (Å²) in [5.74, 6) is 2.05. The molecule has 2 atom stereocenters. The fourth-order valence-corrected chi connectivity index (χ4v) is 7.84. The molecule has 4 aromatic rings. The maximum absolute atomic E-state index is 14.1. The van der Waals surface area contributed by atoms with Crippen molar-refractivity contribution in [2.45, 2.75) is 46.4 Å². The number of nitrogens with zero attached hydrogens (tertiary/aromatic N) is 4. The number of methoxy groups -OCH3 is 3. The second-order valence-corrected chi connectivity index (χ2v) is 15.9. The van der Waals surface area contributed by atoms with Gasteiger partial charge in [-0.25, -0.2) is 0 Å². The molecule has 13 nitrogen and oxygen atoms in total. The molecule has 2 heterocycles.